The summed E-state index contributed by atoms with van der Waals surface area (Å²) in [6.07, 6.45) is 1.91. The first-order chi connectivity index (χ1) is 10.8. The highest BCUT2D eigenvalue weighted by molar-refractivity contribution is 5.21. The maximum atomic E-state index is 5.12. The SMILES string of the molecule is COc1ccc(CN2CCN(C)[C@@H](c3ccccc3)C2)cn1. The van der Waals surface area contributed by atoms with Gasteiger partial charge in [0.1, 0.15) is 0 Å². The van der Waals surface area contributed by atoms with Crippen LogP contribution in [0, 0.1) is 0 Å². The van der Waals surface area contributed by atoms with Crippen molar-refractivity contribution in [2.75, 3.05) is 33.8 Å². The zero-order valence-corrected chi connectivity index (χ0v) is 13.3. The molecule has 22 heavy (non-hydrogen) atoms. The van der Waals surface area contributed by atoms with E-state index in [4.69, 9.17) is 4.74 Å². The molecule has 1 aliphatic heterocycles. The first-order valence-electron chi connectivity index (χ1n) is 7.73. The van der Waals surface area contributed by atoms with Crippen molar-refractivity contribution >= 4 is 0 Å². The summed E-state index contributed by atoms with van der Waals surface area (Å²) < 4.78 is 5.12. The van der Waals surface area contributed by atoms with Crippen LogP contribution in [-0.2, 0) is 6.54 Å². The monoisotopic (exact) mass is 297 g/mol. The fourth-order valence-electron chi connectivity index (χ4n) is 2.99. The van der Waals surface area contributed by atoms with E-state index in [1.54, 1.807) is 7.11 Å². The van der Waals surface area contributed by atoms with Crippen molar-refractivity contribution in [1.82, 2.24) is 14.8 Å². The van der Waals surface area contributed by atoms with Crippen LogP contribution in [0.4, 0.5) is 0 Å². The summed E-state index contributed by atoms with van der Waals surface area (Å²) in [4.78, 5) is 9.24. The van der Waals surface area contributed by atoms with Crippen molar-refractivity contribution < 1.29 is 4.74 Å². The summed E-state index contributed by atoms with van der Waals surface area (Å²) >= 11 is 0. The van der Waals surface area contributed by atoms with E-state index in [0.717, 1.165) is 26.2 Å². The number of benzene rings is 1. The Morgan fingerprint density at radius 2 is 1.95 bits per heavy atom. The maximum absolute atomic E-state index is 5.12. The van der Waals surface area contributed by atoms with Gasteiger partial charge in [0.15, 0.2) is 0 Å². The van der Waals surface area contributed by atoms with Crippen LogP contribution in [0.15, 0.2) is 48.7 Å². The lowest BCUT2D eigenvalue weighted by Gasteiger charge is -2.39. The second kappa shape index (κ2) is 6.90. The second-order valence-electron chi connectivity index (χ2n) is 5.85. The van der Waals surface area contributed by atoms with E-state index in [0.29, 0.717) is 11.9 Å². The topological polar surface area (TPSA) is 28.6 Å². The van der Waals surface area contributed by atoms with Crippen LogP contribution in [0.2, 0.25) is 0 Å². The van der Waals surface area contributed by atoms with Crippen molar-refractivity contribution in [2.24, 2.45) is 0 Å². The predicted octanol–water partition coefficient (Wildman–Crippen LogP) is 2.58. The van der Waals surface area contributed by atoms with Crippen LogP contribution in [0.25, 0.3) is 0 Å². The highest BCUT2D eigenvalue weighted by atomic mass is 16.5. The summed E-state index contributed by atoms with van der Waals surface area (Å²) in [7, 11) is 3.86. The van der Waals surface area contributed by atoms with Crippen LogP contribution in [0.3, 0.4) is 0 Å². The minimum Gasteiger partial charge on any atom is -0.481 e. The van der Waals surface area contributed by atoms with Gasteiger partial charge in [-0.25, -0.2) is 4.98 Å². The molecule has 0 unspecified atom stereocenters. The molecule has 0 aliphatic carbocycles. The van der Waals surface area contributed by atoms with Gasteiger partial charge in [-0.15, -0.1) is 0 Å². The Morgan fingerprint density at radius 1 is 1.14 bits per heavy atom. The molecule has 1 atom stereocenters. The van der Waals surface area contributed by atoms with Gasteiger partial charge < -0.3 is 4.74 Å². The van der Waals surface area contributed by atoms with Crippen molar-refractivity contribution in [3.63, 3.8) is 0 Å². The number of methoxy groups -OCH3 is 1. The van der Waals surface area contributed by atoms with Gasteiger partial charge >= 0.3 is 0 Å². The molecule has 0 N–H and O–H groups in total. The molecule has 1 fully saturated rings. The largest absolute Gasteiger partial charge is 0.481 e. The Bertz CT molecular complexity index is 585. The standard InChI is InChI=1S/C18H23N3O/c1-20-10-11-21(13-15-8-9-18(22-2)19-12-15)14-17(20)16-6-4-3-5-7-16/h3-9,12,17H,10-11,13-14H2,1-2H3/t17-/m1/s1. The number of pyridine rings is 1. The fourth-order valence-corrected chi connectivity index (χ4v) is 2.99. The Morgan fingerprint density at radius 3 is 2.64 bits per heavy atom. The Labute approximate surface area is 132 Å². The Balaban J connectivity index is 1.67. The molecule has 0 saturated carbocycles. The van der Waals surface area contributed by atoms with E-state index in [1.165, 1.54) is 11.1 Å². The Kier molecular flexibility index (Phi) is 4.71. The number of hydrogen-bond donors (Lipinski definition) is 0. The minimum absolute atomic E-state index is 0.459. The highest BCUT2D eigenvalue weighted by Crippen LogP contribution is 2.24. The predicted molar refractivity (Wildman–Crippen MR) is 87.9 cm³/mol. The van der Waals surface area contributed by atoms with Gasteiger partial charge in [0.25, 0.3) is 0 Å². The molecule has 1 aromatic heterocycles. The molecule has 0 bridgehead atoms. The number of hydrogen-bond acceptors (Lipinski definition) is 4. The molecule has 4 nitrogen and oxygen atoms in total. The molecule has 1 saturated heterocycles. The van der Waals surface area contributed by atoms with Gasteiger partial charge in [0, 0.05) is 44.5 Å². The van der Waals surface area contributed by atoms with Crippen molar-refractivity contribution in [2.45, 2.75) is 12.6 Å². The molecule has 0 radical (unpaired) electrons. The minimum atomic E-state index is 0.459. The fraction of sp³-hybridized carbons (Fsp3) is 0.389. The first kappa shape index (κ1) is 15.0. The van der Waals surface area contributed by atoms with Crippen molar-refractivity contribution in [3.8, 4) is 5.88 Å². The lowest BCUT2D eigenvalue weighted by molar-refractivity contribution is 0.0904. The maximum Gasteiger partial charge on any atom is 0.212 e. The number of piperazine rings is 1. The van der Waals surface area contributed by atoms with Gasteiger partial charge in [-0.2, -0.15) is 0 Å². The molecule has 1 aliphatic rings. The molecule has 0 spiro atoms. The normalized spacial score (nSPS) is 20.0. The van der Waals surface area contributed by atoms with Crippen LogP contribution in [0.5, 0.6) is 5.88 Å². The molecule has 116 valence electrons. The summed E-state index contributed by atoms with van der Waals surface area (Å²) in [6, 6.07) is 15.3. The quantitative estimate of drug-likeness (QED) is 0.867. The Hall–Kier alpha value is -1.91. The highest BCUT2D eigenvalue weighted by Gasteiger charge is 2.25. The molecule has 3 rings (SSSR count). The molecule has 2 heterocycles. The molecule has 1 aromatic carbocycles. The van der Waals surface area contributed by atoms with Crippen molar-refractivity contribution in [3.05, 3.63) is 59.8 Å². The third-order valence-corrected chi connectivity index (χ3v) is 4.33. The second-order valence-corrected chi connectivity index (χ2v) is 5.85. The number of nitrogens with zero attached hydrogens (tertiary/aromatic N) is 3. The van der Waals surface area contributed by atoms with Gasteiger partial charge in [-0.3, -0.25) is 9.80 Å². The number of aromatic nitrogens is 1. The number of likely N-dealkylation sites (N-methyl/N-ethyl adjacent to an activating group) is 1. The van der Waals surface area contributed by atoms with E-state index in [2.05, 4.69) is 58.2 Å². The van der Waals surface area contributed by atoms with E-state index in [9.17, 15) is 0 Å². The van der Waals surface area contributed by atoms with Crippen LogP contribution >= 0.6 is 0 Å². The summed E-state index contributed by atoms with van der Waals surface area (Å²) in [5.41, 5.74) is 2.62. The van der Waals surface area contributed by atoms with Gasteiger partial charge in [-0.05, 0) is 18.2 Å². The molecular formula is C18H23N3O. The molecule has 2 aromatic rings. The smallest absolute Gasteiger partial charge is 0.212 e. The lowest BCUT2D eigenvalue weighted by Crippen LogP contribution is -2.46. The van der Waals surface area contributed by atoms with Crippen LogP contribution in [-0.4, -0.2) is 48.6 Å². The third-order valence-electron chi connectivity index (χ3n) is 4.33. The van der Waals surface area contributed by atoms with Crippen LogP contribution in [0.1, 0.15) is 17.2 Å². The third kappa shape index (κ3) is 3.46. The lowest BCUT2D eigenvalue weighted by atomic mass is 10.0. The zero-order valence-electron chi connectivity index (χ0n) is 13.3. The summed E-state index contributed by atoms with van der Waals surface area (Å²) in [5.74, 6) is 0.671. The number of ether oxygens (including phenoxy) is 1. The summed E-state index contributed by atoms with van der Waals surface area (Å²) in [6.45, 7) is 4.16. The zero-order chi connectivity index (χ0) is 15.4. The number of rotatable bonds is 4. The summed E-state index contributed by atoms with van der Waals surface area (Å²) in [5, 5.41) is 0. The molecule has 0 amide bonds. The van der Waals surface area contributed by atoms with Gasteiger partial charge in [-0.1, -0.05) is 36.4 Å². The van der Waals surface area contributed by atoms with E-state index in [1.807, 2.05) is 12.3 Å². The van der Waals surface area contributed by atoms with Gasteiger partial charge in [0.2, 0.25) is 5.88 Å². The average molecular weight is 297 g/mol. The van der Waals surface area contributed by atoms with Gasteiger partial charge in [0.05, 0.1) is 7.11 Å². The van der Waals surface area contributed by atoms with Crippen molar-refractivity contribution in [1.29, 1.82) is 0 Å². The molecule has 4 heteroatoms. The van der Waals surface area contributed by atoms with E-state index >= 15 is 0 Å². The average Bonchev–Trinajstić information content (AvgIpc) is 2.58. The van der Waals surface area contributed by atoms with E-state index < -0.39 is 0 Å². The molecular weight excluding hydrogens is 274 g/mol. The first-order valence-corrected chi connectivity index (χ1v) is 7.73. The van der Waals surface area contributed by atoms with Crippen LogP contribution < -0.4 is 4.74 Å². The van der Waals surface area contributed by atoms with E-state index in [-0.39, 0.29) is 0 Å².